The number of aromatic amines is 1. The highest BCUT2D eigenvalue weighted by atomic mass is 79.9. The summed E-state index contributed by atoms with van der Waals surface area (Å²) in [6.07, 6.45) is 0. The summed E-state index contributed by atoms with van der Waals surface area (Å²) >= 11 is 4.48. The molecule has 1 N–H and O–H groups in total. The first kappa shape index (κ1) is 12.3. The minimum Gasteiger partial charge on any atom is -0.312 e. The second-order valence-corrected chi connectivity index (χ2v) is 5.90. The van der Waals surface area contributed by atoms with E-state index in [9.17, 15) is 9.59 Å². The molecule has 1 aromatic heterocycles. The predicted octanol–water partition coefficient (Wildman–Crippen LogP) is 3.58. The fraction of sp³-hybridized carbons (Fsp3) is 0. The van der Waals surface area contributed by atoms with E-state index in [-0.39, 0.29) is 10.7 Å². The molecule has 0 fully saturated rings. The topological polar surface area (TPSA) is 49.9 Å². The summed E-state index contributed by atoms with van der Waals surface area (Å²) in [5.74, 6) is -0.0600. The summed E-state index contributed by atoms with van der Waals surface area (Å²) in [6.45, 7) is 0. The first-order valence-electron chi connectivity index (χ1n) is 5.57. The first-order chi connectivity index (χ1) is 9.15. The van der Waals surface area contributed by atoms with Crippen molar-refractivity contribution in [1.29, 1.82) is 0 Å². The Kier molecular flexibility index (Phi) is 3.08. The van der Waals surface area contributed by atoms with Crippen LogP contribution in [0.4, 0.5) is 0 Å². The third-order valence-electron chi connectivity index (χ3n) is 2.80. The smallest absolute Gasteiger partial charge is 0.305 e. The monoisotopic (exact) mass is 333 g/mol. The van der Waals surface area contributed by atoms with Crippen molar-refractivity contribution in [3.8, 4) is 0 Å². The third kappa shape index (κ3) is 2.27. The van der Waals surface area contributed by atoms with Gasteiger partial charge in [-0.2, -0.15) is 0 Å². The van der Waals surface area contributed by atoms with Gasteiger partial charge in [0, 0.05) is 15.6 Å². The molecule has 0 spiro atoms. The number of hydrogen-bond donors (Lipinski definition) is 1. The molecule has 0 bridgehead atoms. The van der Waals surface area contributed by atoms with Crippen LogP contribution in [0.15, 0.2) is 51.7 Å². The summed E-state index contributed by atoms with van der Waals surface area (Å²) in [7, 11) is 0. The number of nitrogens with one attached hydrogen (secondary N) is 1. The molecule has 0 aliphatic carbocycles. The van der Waals surface area contributed by atoms with Crippen LogP contribution in [-0.4, -0.2) is 10.8 Å². The van der Waals surface area contributed by atoms with E-state index in [2.05, 4.69) is 20.9 Å². The van der Waals surface area contributed by atoms with Crippen LogP contribution < -0.4 is 4.87 Å². The Morgan fingerprint density at radius 2 is 1.95 bits per heavy atom. The zero-order valence-electron chi connectivity index (χ0n) is 9.64. The van der Waals surface area contributed by atoms with E-state index < -0.39 is 0 Å². The molecule has 0 amide bonds. The molecule has 94 valence electrons. The lowest BCUT2D eigenvalue weighted by Gasteiger charge is -2.03. The largest absolute Gasteiger partial charge is 0.312 e. The van der Waals surface area contributed by atoms with Gasteiger partial charge in [-0.05, 0) is 30.3 Å². The first-order valence-corrected chi connectivity index (χ1v) is 7.18. The lowest BCUT2D eigenvalue weighted by atomic mass is 10.0. The van der Waals surface area contributed by atoms with Gasteiger partial charge in [0.25, 0.3) is 0 Å². The van der Waals surface area contributed by atoms with Gasteiger partial charge in [0.15, 0.2) is 5.78 Å². The molecular weight excluding hydrogens is 326 g/mol. The molecule has 0 unspecified atom stereocenters. The molecule has 0 atom stereocenters. The van der Waals surface area contributed by atoms with Crippen LogP contribution in [0.5, 0.6) is 0 Å². The molecule has 3 nitrogen and oxygen atoms in total. The number of ketones is 1. The summed E-state index contributed by atoms with van der Waals surface area (Å²) in [5, 5.41) is 0. The van der Waals surface area contributed by atoms with E-state index in [1.807, 2.05) is 18.2 Å². The van der Waals surface area contributed by atoms with Crippen LogP contribution in [0.25, 0.3) is 10.2 Å². The second-order valence-electron chi connectivity index (χ2n) is 4.03. The molecule has 3 aromatic rings. The van der Waals surface area contributed by atoms with E-state index in [1.165, 1.54) is 0 Å². The third-order valence-corrected chi connectivity index (χ3v) is 4.34. The Labute approximate surface area is 121 Å². The van der Waals surface area contributed by atoms with Crippen LogP contribution in [0.2, 0.25) is 0 Å². The zero-order chi connectivity index (χ0) is 13.4. The van der Waals surface area contributed by atoms with Crippen molar-refractivity contribution in [3.63, 3.8) is 0 Å². The van der Waals surface area contributed by atoms with Crippen LogP contribution in [-0.2, 0) is 0 Å². The van der Waals surface area contributed by atoms with Crippen molar-refractivity contribution >= 4 is 43.3 Å². The number of carbonyl (C=O) groups is 1. The van der Waals surface area contributed by atoms with Gasteiger partial charge in [0.05, 0.1) is 10.2 Å². The molecule has 5 heteroatoms. The number of hydrogen-bond acceptors (Lipinski definition) is 3. The van der Waals surface area contributed by atoms with Crippen LogP contribution >= 0.6 is 27.3 Å². The number of benzene rings is 2. The van der Waals surface area contributed by atoms with Crippen molar-refractivity contribution in [1.82, 2.24) is 4.98 Å². The molecule has 1 heterocycles. The average Bonchev–Trinajstić information content (AvgIpc) is 2.77. The van der Waals surface area contributed by atoms with Crippen molar-refractivity contribution in [3.05, 3.63) is 67.7 Å². The number of halogens is 1. The normalized spacial score (nSPS) is 10.8. The van der Waals surface area contributed by atoms with Crippen molar-refractivity contribution in [2.45, 2.75) is 0 Å². The predicted molar refractivity (Wildman–Crippen MR) is 80.0 cm³/mol. The van der Waals surface area contributed by atoms with Gasteiger partial charge in [0.1, 0.15) is 0 Å². The Hall–Kier alpha value is -1.72. The van der Waals surface area contributed by atoms with Crippen molar-refractivity contribution in [2.24, 2.45) is 0 Å². The van der Waals surface area contributed by atoms with E-state index in [0.29, 0.717) is 11.1 Å². The number of thiazole rings is 1. The number of carbonyl (C=O) groups excluding carboxylic acids is 1. The van der Waals surface area contributed by atoms with Gasteiger partial charge >= 0.3 is 4.87 Å². The van der Waals surface area contributed by atoms with Gasteiger partial charge in [-0.15, -0.1) is 0 Å². The van der Waals surface area contributed by atoms with Gasteiger partial charge in [-0.25, -0.2) is 0 Å². The average molecular weight is 334 g/mol. The van der Waals surface area contributed by atoms with Gasteiger partial charge < -0.3 is 4.98 Å². The number of fused-ring (bicyclic) bond motifs is 1. The van der Waals surface area contributed by atoms with E-state index in [4.69, 9.17) is 0 Å². The minimum absolute atomic E-state index is 0.0600. The Bertz CT molecular complexity index is 835. The fourth-order valence-electron chi connectivity index (χ4n) is 1.89. The number of H-pyrrole nitrogens is 1. The van der Waals surface area contributed by atoms with E-state index in [0.717, 1.165) is 26.0 Å². The molecule has 0 saturated carbocycles. The van der Waals surface area contributed by atoms with Crippen LogP contribution in [0.1, 0.15) is 15.9 Å². The lowest BCUT2D eigenvalue weighted by molar-refractivity contribution is 0.103. The minimum atomic E-state index is -0.111. The maximum Gasteiger partial charge on any atom is 0.305 e. The highest BCUT2D eigenvalue weighted by Crippen LogP contribution is 2.22. The maximum atomic E-state index is 12.4. The number of rotatable bonds is 2. The highest BCUT2D eigenvalue weighted by molar-refractivity contribution is 9.10. The highest BCUT2D eigenvalue weighted by Gasteiger charge is 2.13. The fourth-order valence-corrected chi connectivity index (χ4v) is 3.13. The summed E-state index contributed by atoms with van der Waals surface area (Å²) in [4.78, 5) is 26.3. The maximum absolute atomic E-state index is 12.4. The lowest BCUT2D eigenvalue weighted by Crippen LogP contribution is -2.01. The Morgan fingerprint density at radius 1 is 1.16 bits per heavy atom. The Balaban J connectivity index is 2.11. The molecule has 19 heavy (non-hydrogen) atoms. The van der Waals surface area contributed by atoms with Crippen molar-refractivity contribution < 1.29 is 4.79 Å². The molecule has 2 aromatic carbocycles. The molecule has 0 aliphatic heterocycles. The molecular formula is C14H8BrNO2S. The van der Waals surface area contributed by atoms with Gasteiger partial charge in [-0.1, -0.05) is 39.4 Å². The van der Waals surface area contributed by atoms with Crippen LogP contribution in [0, 0.1) is 0 Å². The molecule has 0 aliphatic rings. The SMILES string of the molecule is O=C(c1ccc2[nH]c(=O)sc2c1)c1ccccc1Br. The van der Waals surface area contributed by atoms with Crippen molar-refractivity contribution in [2.75, 3.05) is 0 Å². The van der Waals surface area contributed by atoms with E-state index >= 15 is 0 Å². The summed E-state index contributed by atoms with van der Waals surface area (Å²) in [6, 6.07) is 12.5. The molecule has 3 rings (SSSR count). The van der Waals surface area contributed by atoms with Gasteiger partial charge in [0.2, 0.25) is 0 Å². The van der Waals surface area contributed by atoms with Crippen LogP contribution in [0.3, 0.4) is 0 Å². The second kappa shape index (κ2) is 4.75. The Morgan fingerprint density at radius 3 is 2.74 bits per heavy atom. The summed E-state index contributed by atoms with van der Waals surface area (Å²) < 4.78 is 1.56. The van der Waals surface area contributed by atoms with E-state index in [1.54, 1.807) is 24.3 Å². The molecule has 0 saturated heterocycles. The quantitative estimate of drug-likeness (QED) is 0.728. The molecule has 0 radical (unpaired) electrons. The van der Waals surface area contributed by atoms with Gasteiger partial charge in [-0.3, -0.25) is 9.59 Å². The zero-order valence-corrected chi connectivity index (χ0v) is 12.0. The standard InChI is InChI=1S/C14H8BrNO2S/c15-10-4-2-1-3-9(10)13(17)8-5-6-11-12(7-8)19-14(18)16-11/h1-7H,(H,16,18). The number of aromatic nitrogens is 1. The summed E-state index contributed by atoms with van der Waals surface area (Å²) in [5.41, 5.74) is 1.96.